The molecule has 0 spiro atoms. The van der Waals surface area contributed by atoms with Gasteiger partial charge < -0.3 is 10.6 Å². The highest BCUT2D eigenvalue weighted by Gasteiger charge is 2.17. The van der Waals surface area contributed by atoms with E-state index in [9.17, 15) is 4.79 Å². The number of aromatic amines is 1. The topological polar surface area (TPSA) is 87.6 Å². The highest BCUT2D eigenvalue weighted by Crippen LogP contribution is 2.16. The largest absolute Gasteiger partial charge is 0.318 e. The first-order valence-electron chi connectivity index (χ1n) is 6.39. The molecule has 1 unspecified atom stereocenters. The molecular weight excluding hydrogens is 244 g/mol. The zero-order valence-corrected chi connectivity index (χ0v) is 10.5. The Morgan fingerprint density at radius 3 is 3.21 bits per heavy atom. The van der Waals surface area contributed by atoms with Crippen LogP contribution in [0, 0.1) is 0 Å². The zero-order chi connectivity index (χ0) is 13.1. The highest BCUT2D eigenvalue weighted by molar-refractivity contribution is 6.02. The average Bonchev–Trinajstić information content (AvgIpc) is 3.10. The molecule has 19 heavy (non-hydrogen) atoms. The van der Waals surface area contributed by atoms with Gasteiger partial charge in [0.15, 0.2) is 5.69 Å². The minimum Gasteiger partial charge on any atom is -0.318 e. The molecule has 1 fully saturated rings. The van der Waals surface area contributed by atoms with E-state index < -0.39 is 0 Å². The maximum absolute atomic E-state index is 12.0. The molecule has 1 aliphatic heterocycles. The summed E-state index contributed by atoms with van der Waals surface area (Å²) >= 11 is 0. The zero-order valence-electron chi connectivity index (χ0n) is 10.5. The molecule has 7 heteroatoms. The van der Waals surface area contributed by atoms with Gasteiger partial charge in [0, 0.05) is 18.9 Å². The monoisotopic (exact) mass is 260 g/mol. The van der Waals surface area contributed by atoms with Crippen LogP contribution in [0.5, 0.6) is 0 Å². The van der Waals surface area contributed by atoms with Crippen molar-refractivity contribution in [3.05, 3.63) is 30.4 Å². The number of carbonyl (C=O) groups excluding carboxylic acids is 1. The lowest BCUT2D eigenvalue weighted by Gasteiger charge is -2.22. The second-order valence-corrected chi connectivity index (χ2v) is 4.62. The van der Waals surface area contributed by atoms with E-state index in [4.69, 9.17) is 0 Å². The van der Waals surface area contributed by atoms with Crippen LogP contribution < -0.4 is 10.6 Å². The first-order valence-corrected chi connectivity index (χ1v) is 6.39. The molecule has 0 aliphatic carbocycles. The Morgan fingerprint density at radius 1 is 1.53 bits per heavy atom. The van der Waals surface area contributed by atoms with Crippen LogP contribution in [0.15, 0.2) is 24.7 Å². The third-order valence-electron chi connectivity index (χ3n) is 3.24. The first kappa shape index (κ1) is 11.9. The summed E-state index contributed by atoms with van der Waals surface area (Å²) in [6, 6.07) is 2.08. The molecule has 0 radical (unpaired) electrons. The molecule has 3 heterocycles. The Bertz CT molecular complexity index is 540. The molecule has 1 saturated heterocycles. The molecule has 1 amide bonds. The van der Waals surface area contributed by atoms with E-state index in [-0.39, 0.29) is 5.91 Å². The molecular formula is C12H16N6O. The summed E-state index contributed by atoms with van der Waals surface area (Å²) in [4.78, 5) is 12.0. The number of nitrogens with one attached hydrogen (secondary N) is 3. The van der Waals surface area contributed by atoms with E-state index in [1.807, 2.05) is 10.9 Å². The molecule has 3 N–H and O–H groups in total. The van der Waals surface area contributed by atoms with Crippen LogP contribution in [0.1, 0.15) is 29.4 Å². The summed E-state index contributed by atoms with van der Waals surface area (Å²) < 4.78 is 1.87. The van der Waals surface area contributed by atoms with Crippen molar-refractivity contribution in [2.45, 2.75) is 18.9 Å². The van der Waals surface area contributed by atoms with Crippen molar-refractivity contribution < 1.29 is 4.79 Å². The van der Waals surface area contributed by atoms with E-state index in [2.05, 4.69) is 25.9 Å². The normalized spacial score (nSPS) is 19.3. The van der Waals surface area contributed by atoms with Crippen molar-refractivity contribution in [2.24, 2.45) is 0 Å². The van der Waals surface area contributed by atoms with Crippen molar-refractivity contribution in [3.8, 4) is 0 Å². The first-order chi connectivity index (χ1) is 9.33. The third-order valence-corrected chi connectivity index (χ3v) is 3.24. The van der Waals surface area contributed by atoms with Crippen molar-refractivity contribution in [2.75, 3.05) is 18.4 Å². The summed E-state index contributed by atoms with van der Waals surface area (Å²) in [5, 5.41) is 16.8. The molecule has 1 aliphatic rings. The van der Waals surface area contributed by atoms with Crippen LogP contribution in [-0.4, -0.2) is 39.0 Å². The third kappa shape index (κ3) is 2.65. The molecule has 1 atom stereocenters. The van der Waals surface area contributed by atoms with Gasteiger partial charge in [-0.05, 0) is 25.5 Å². The smallest absolute Gasteiger partial charge is 0.276 e. The lowest BCUT2D eigenvalue weighted by atomic mass is 10.1. The molecule has 100 valence electrons. The molecule has 7 nitrogen and oxygen atoms in total. The second kappa shape index (κ2) is 5.23. The van der Waals surface area contributed by atoms with E-state index in [1.165, 1.54) is 0 Å². The maximum Gasteiger partial charge on any atom is 0.276 e. The Kier molecular flexibility index (Phi) is 3.28. The number of carbonyl (C=O) groups is 1. The fraction of sp³-hybridized carbons (Fsp3) is 0.417. The Morgan fingerprint density at radius 2 is 2.47 bits per heavy atom. The van der Waals surface area contributed by atoms with E-state index >= 15 is 0 Å². The summed E-state index contributed by atoms with van der Waals surface area (Å²) in [5.41, 5.74) is 1.06. The standard InChI is InChI=1S/C12H16N6O/c19-12(16-9-6-14-15-7-9)11-3-5-18(17-11)10-2-1-4-13-8-10/h3,5-7,10,13H,1-2,4,8H2,(H,14,15)(H,16,19). The molecule has 0 bridgehead atoms. The number of anilines is 1. The number of hydrogen-bond donors (Lipinski definition) is 3. The van der Waals surface area contributed by atoms with Gasteiger partial charge in [-0.3, -0.25) is 14.6 Å². The fourth-order valence-electron chi connectivity index (χ4n) is 2.24. The molecule has 0 saturated carbocycles. The van der Waals surface area contributed by atoms with Crippen molar-refractivity contribution in [1.29, 1.82) is 0 Å². The Balaban J connectivity index is 1.68. The van der Waals surface area contributed by atoms with E-state index in [0.717, 1.165) is 25.9 Å². The van der Waals surface area contributed by atoms with Gasteiger partial charge in [0.1, 0.15) is 0 Å². The maximum atomic E-state index is 12.0. The van der Waals surface area contributed by atoms with Crippen LogP contribution in [0.4, 0.5) is 5.69 Å². The van der Waals surface area contributed by atoms with Crippen molar-refractivity contribution >= 4 is 11.6 Å². The van der Waals surface area contributed by atoms with Gasteiger partial charge >= 0.3 is 0 Å². The van der Waals surface area contributed by atoms with Gasteiger partial charge in [0.2, 0.25) is 0 Å². The molecule has 0 aromatic carbocycles. The number of amides is 1. The van der Waals surface area contributed by atoms with Gasteiger partial charge in [-0.1, -0.05) is 0 Å². The van der Waals surface area contributed by atoms with Crippen LogP contribution in [0.3, 0.4) is 0 Å². The van der Waals surface area contributed by atoms with E-state index in [1.54, 1.807) is 18.5 Å². The van der Waals surface area contributed by atoms with Gasteiger partial charge in [0.25, 0.3) is 5.91 Å². The van der Waals surface area contributed by atoms with Crippen molar-refractivity contribution in [1.82, 2.24) is 25.3 Å². The number of nitrogens with zero attached hydrogens (tertiary/aromatic N) is 3. The predicted molar refractivity (Wildman–Crippen MR) is 69.9 cm³/mol. The van der Waals surface area contributed by atoms with E-state index in [0.29, 0.717) is 17.4 Å². The lowest BCUT2D eigenvalue weighted by Crippen LogP contribution is -2.32. The molecule has 2 aromatic heterocycles. The Hall–Kier alpha value is -2.15. The second-order valence-electron chi connectivity index (χ2n) is 4.62. The lowest BCUT2D eigenvalue weighted by molar-refractivity contribution is 0.102. The summed E-state index contributed by atoms with van der Waals surface area (Å²) in [7, 11) is 0. The minimum absolute atomic E-state index is 0.219. The number of piperidine rings is 1. The number of rotatable bonds is 3. The number of aromatic nitrogens is 4. The van der Waals surface area contributed by atoms with Crippen LogP contribution in [0.25, 0.3) is 0 Å². The highest BCUT2D eigenvalue weighted by atomic mass is 16.2. The predicted octanol–water partition coefficient (Wildman–Crippen LogP) is 0.783. The van der Waals surface area contributed by atoms with Crippen LogP contribution in [-0.2, 0) is 0 Å². The van der Waals surface area contributed by atoms with Crippen LogP contribution in [0.2, 0.25) is 0 Å². The number of hydrogen-bond acceptors (Lipinski definition) is 4. The summed E-state index contributed by atoms with van der Waals surface area (Å²) in [5.74, 6) is -0.219. The quantitative estimate of drug-likeness (QED) is 0.761. The average molecular weight is 260 g/mol. The van der Waals surface area contributed by atoms with Gasteiger partial charge in [-0.2, -0.15) is 10.2 Å². The minimum atomic E-state index is -0.219. The molecule has 3 rings (SSSR count). The fourth-order valence-corrected chi connectivity index (χ4v) is 2.24. The molecule has 2 aromatic rings. The summed E-state index contributed by atoms with van der Waals surface area (Å²) in [6.45, 7) is 1.97. The summed E-state index contributed by atoms with van der Waals surface area (Å²) in [6.07, 6.45) is 7.28. The SMILES string of the molecule is O=C(Nc1cn[nH]c1)c1ccn(C2CCCNC2)n1. The van der Waals surface area contributed by atoms with Crippen LogP contribution >= 0.6 is 0 Å². The van der Waals surface area contributed by atoms with Gasteiger partial charge in [-0.15, -0.1) is 0 Å². The number of H-pyrrole nitrogens is 1. The van der Waals surface area contributed by atoms with Gasteiger partial charge in [-0.25, -0.2) is 0 Å². The van der Waals surface area contributed by atoms with Gasteiger partial charge in [0.05, 0.1) is 17.9 Å². The van der Waals surface area contributed by atoms with Crippen molar-refractivity contribution in [3.63, 3.8) is 0 Å². The Labute approximate surface area is 110 Å².